The molecule has 0 aromatic carbocycles. The highest BCUT2D eigenvalue weighted by Crippen LogP contribution is 2.23. The molecule has 0 radical (unpaired) electrons. The second-order valence-electron chi connectivity index (χ2n) is 3.81. The third-order valence-corrected chi connectivity index (χ3v) is 2.70. The Balaban J connectivity index is 2.25. The Morgan fingerprint density at radius 1 is 1.69 bits per heavy atom. The first-order chi connectivity index (χ1) is 6.31. The second-order valence-corrected chi connectivity index (χ2v) is 3.81. The van der Waals surface area contributed by atoms with Crippen LogP contribution in [0.2, 0.25) is 0 Å². The Morgan fingerprint density at radius 3 is 3.31 bits per heavy atom. The number of rotatable bonds is 2. The monoisotopic (exact) mass is 179 g/mol. The summed E-state index contributed by atoms with van der Waals surface area (Å²) >= 11 is 0. The Morgan fingerprint density at radius 2 is 2.54 bits per heavy atom. The summed E-state index contributed by atoms with van der Waals surface area (Å²) in [6.07, 6.45) is 5.89. The molecular weight excluding hydrogens is 162 g/mol. The van der Waals surface area contributed by atoms with E-state index in [0.29, 0.717) is 6.04 Å². The predicted molar refractivity (Wildman–Crippen MR) is 52.9 cm³/mol. The number of likely N-dealkylation sites (N-methyl/N-ethyl adjacent to an activating group) is 1. The van der Waals surface area contributed by atoms with E-state index < -0.39 is 0 Å². The van der Waals surface area contributed by atoms with Crippen molar-refractivity contribution in [3.8, 4) is 0 Å². The number of aryl methyl sites for hydroxylation is 2. The SMILES string of the molecule is CNCC1CCCc2nc(C)cn21. The van der Waals surface area contributed by atoms with Crippen LogP contribution in [-0.4, -0.2) is 23.1 Å². The number of nitrogens with one attached hydrogen (secondary N) is 1. The maximum Gasteiger partial charge on any atom is 0.109 e. The van der Waals surface area contributed by atoms with Crippen LogP contribution >= 0.6 is 0 Å². The largest absolute Gasteiger partial charge is 0.330 e. The van der Waals surface area contributed by atoms with Crippen molar-refractivity contribution in [2.24, 2.45) is 0 Å². The van der Waals surface area contributed by atoms with Gasteiger partial charge in [0.2, 0.25) is 0 Å². The van der Waals surface area contributed by atoms with Crippen molar-refractivity contribution < 1.29 is 0 Å². The molecule has 1 aliphatic heterocycles. The summed E-state index contributed by atoms with van der Waals surface area (Å²) in [5.41, 5.74) is 1.15. The van der Waals surface area contributed by atoms with Crippen molar-refractivity contribution in [3.63, 3.8) is 0 Å². The molecule has 3 heteroatoms. The maximum atomic E-state index is 4.52. The lowest BCUT2D eigenvalue weighted by Crippen LogP contribution is -2.26. The second kappa shape index (κ2) is 3.50. The Hall–Kier alpha value is -0.830. The van der Waals surface area contributed by atoms with Crippen molar-refractivity contribution >= 4 is 0 Å². The first-order valence-corrected chi connectivity index (χ1v) is 5.00. The van der Waals surface area contributed by atoms with Crippen LogP contribution in [0.25, 0.3) is 0 Å². The van der Waals surface area contributed by atoms with E-state index in [1.807, 2.05) is 7.05 Å². The van der Waals surface area contributed by atoms with Crippen molar-refractivity contribution in [1.82, 2.24) is 14.9 Å². The first-order valence-electron chi connectivity index (χ1n) is 5.00. The highest BCUT2D eigenvalue weighted by molar-refractivity contribution is 5.06. The molecule has 1 aromatic heterocycles. The lowest BCUT2D eigenvalue weighted by atomic mass is 10.0. The molecule has 0 amide bonds. The molecule has 13 heavy (non-hydrogen) atoms. The lowest BCUT2D eigenvalue weighted by Gasteiger charge is -2.24. The standard InChI is InChI=1S/C10H17N3/c1-8-7-13-9(6-11-2)4-3-5-10(13)12-8/h7,9,11H,3-6H2,1-2H3. The fraction of sp³-hybridized carbons (Fsp3) is 0.700. The zero-order valence-electron chi connectivity index (χ0n) is 8.38. The summed E-state index contributed by atoms with van der Waals surface area (Å²) in [6.45, 7) is 3.13. The molecule has 2 heterocycles. The molecule has 1 unspecified atom stereocenters. The molecule has 2 rings (SSSR count). The molecule has 1 N–H and O–H groups in total. The molecule has 0 saturated carbocycles. The van der Waals surface area contributed by atoms with E-state index in [1.165, 1.54) is 18.7 Å². The molecule has 1 aliphatic rings. The van der Waals surface area contributed by atoms with E-state index in [0.717, 1.165) is 18.7 Å². The summed E-state index contributed by atoms with van der Waals surface area (Å²) in [7, 11) is 2.01. The minimum atomic E-state index is 0.620. The van der Waals surface area contributed by atoms with Gasteiger partial charge in [0.15, 0.2) is 0 Å². The molecule has 1 atom stereocenters. The van der Waals surface area contributed by atoms with Crippen LogP contribution in [-0.2, 0) is 6.42 Å². The Bertz CT molecular complexity index is 290. The average Bonchev–Trinajstić information content (AvgIpc) is 2.47. The normalized spacial score (nSPS) is 21.5. The van der Waals surface area contributed by atoms with Gasteiger partial charge < -0.3 is 9.88 Å². The van der Waals surface area contributed by atoms with Gasteiger partial charge in [-0.15, -0.1) is 0 Å². The number of hydrogen-bond donors (Lipinski definition) is 1. The summed E-state index contributed by atoms with van der Waals surface area (Å²) < 4.78 is 2.34. The van der Waals surface area contributed by atoms with Crippen molar-refractivity contribution in [2.45, 2.75) is 32.2 Å². The number of imidazole rings is 1. The molecule has 0 spiro atoms. The average molecular weight is 179 g/mol. The van der Waals surface area contributed by atoms with E-state index >= 15 is 0 Å². The van der Waals surface area contributed by atoms with Crippen LogP contribution in [0.5, 0.6) is 0 Å². The fourth-order valence-corrected chi connectivity index (χ4v) is 2.14. The smallest absolute Gasteiger partial charge is 0.109 e. The zero-order valence-corrected chi connectivity index (χ0v) is 8.38. The highest BCUT2D eigenvalue weighted by atomic mass is 15.1. The zero-order chi connectivity index (χ0) is 9.26. The summed E-state index contributed by atoms with van der Waals surface area (Å²) in [4.78, 5) is 4.52. The lowest BCUT2D eigenvalue weighted by molar-refractivity contribution is 0.385. The quantitative estimate of drug-likeness (QED) is 0.741. The van der Waals surface area contributed by atoms with E-state index in [1.54, 1.807) is 0 Å². The minimum Gasteiger partial charge on any atom is -0.330 e. The van der Waals surface area contributed by atoms with E-state index in [-0.39, 0.29) is 0 Å². The topological polar surface area (TPSA) is 29.9 Å². The van der Waals surface area contributed by atoms with Gasteiger partial charge in [-0.05, 0) is 26.8 Å². The molecule has 0 fully saturated rings. The number of aromatic nitrogens is 2. The van der Waals surface area contributed by atoms with Crippen LogP contribution < -0.4 is 5.32 Å². The van der Waals surface area contributed by atoms with Crippen LogP contribution in [0.4, 0.5) is 0 Å². The molecule has 3 nitrogen and oxygen atoms in total. The van der Waals surface area contributed by atoms with Gasteiger partial charge in [-0.2, -0.15) is 0 Å². The van der Waals surface area contributed by atoms with Gasteiger partial charge >= 0.3 is 0 Å². The van der Waals surface area contributed by atoms with Gasteiger partial charge in [-0.25, -0.2) is 4.98 Å². The maximum absolute atomic E-state index is 4.52. The molecule has 0 saturated heterocycles. The number of fused-ring (bicyclic) bond motifs is 1. The molecule has 1 aromatic rings. The Labute approximate surface area is 79.2 Å². The minimum absolute atomic E-state index is 0.620. The summed E-state index contributed by atoms with van der Waals surface area (Å²) in [5.74, 6) is 1.27. The predicted octanol–water partition coefficient (Wildman–Crippen LogP) is 1.29. The number of hydrogen-bond acceptors (Lipinski definition) is 2. The molecule has 0 aliphatic carbocycles. The highest BCUT2D eigenvalue weighted by Gasteiger charge is 2.19. The first kappa shape index (κ1) is 8.75. The van der Waals surface area contributed by atoms with Crippen LogP contribution in [0.3, 0.4) is 0 Å². The van der Waals surface area contributed by atoms with Crippen LogP contribution in [0.1, 0.15) is 30.4 Å². The van der Waals surface area contributed by atoms with Gasteiger partial charge in [0.05, 0.1) is 5.69 Å². The van der Waals surface area contributed by atoms with Gasteiger partial charge in [0.1, 0.15) is 5.82 Å². The van der Waals surface area contributed by atoms with Crippen molar-refractivity contribution in [1.29, 1.82) is 0 Å². The fourth-order valence-electron chi connectivity index (χ4n) is 2.14. The molecule has 0 bridgehead atoms. The Kier molecular flexibility index (Phi) is 2.36. The van der Waals surface area contributed by atoms with Gasteiger partial charge in [0, 0.05) is 25.2 Å². The van der Waals surface area contributed by atoms with Crippen LogP contribution in [0.15, 0.2) is 6.20 Å². The van der Waals surface area contributed by atoms with Gasteiger partial charge in [-0.3, -0.25) is 0 Å². The van der Waals surface area contributed by atoms with Crippen molar-refractivity contribution in [3.05, 3.63) is 17.7 Å². The van der Waals surface area contributed by atoms with Crippen molar-refractivity contribution in [2.75, 3.05) is 13.6 Å². The van der Waals surface area contributed by atoms with E-state index in [9.17, 15) is 0 Å². The molecular formula is C10H17N3. The van der Waals surface area contributed by atoms with Crippen LogP contribution in [0, 0.1) is 6.92 Å². The van der Waals surface area contributed by atoms with Gasteiger partial charge in [0.25, 0.3) is 0 Å². The number of nitrogens with zero attached hydrogens (tertiary/aromatic N) is 2. The summed E-state index contributed by atoms with van der Waals surface area (Å²) in [6, 6.07) is 0.620. The third-order valence-electron chi connectivity index (χ3n) is 2.70. The van der Waals surface area contributed by atoms with E-state index in [4.69, 9.17) is 0 Å². The molecule has 72 valence electrons. The third kappa shape index (κ3) is 1.61. The van der Waals surface area contributed by atoms with Gasteiger partial charge in [-0.1, -0.05) is 0 Å². The van der Waals surface area contributed by atoms with E-state index in [2.05, 4.69) is 28.0 Å². The summed E-state index contributed by atoms with van der Waals surface area (Å²) in [5, 5.41) is 3.24.